The minimum atomic E-state index is -0.687. The Bertz CT molecular complexity index is 783. The van der Waals surface area contributed by atoms with Gasteiger partial charge in [0, 0.05) is 12.6 Å². The molecule has 0 aliphatic heterocycles. The van der Waals surface area contributed by atoms with Crippen molar-refractivity contribution in [1.82, 2.24) is 0 Å². The van der Waals surface area contributed by atoms with Crippen LogP contribution in [-0.4, -0.2) is 9.85 Å². The predicted molar refractivity (Wildman–Crippen MR) is 78.2 cm³/mol. The van der Waals surface area contributed by atoms with Gasteiger partial charge in [-0.1, -0.05) is 12.1 Å². The fourth-order valence-corrected chi connectivity index (χ4v) is 1.88. The molecular weight excluding hydrogens is 288 g/mol. The first-order valence-electron chi connectivity index (χ1n) is 6.17. The van der Waals surface area contributed by atoms with E-state index >= 15 is 0 Å². The summed E-state index contributed by atoms with van der Waals surface area (Å²) in [7, 11) is 0. The van der Waals surface area contributed by atoms with E-state index in [-0.39, 0.29) is 23.6 Å². The van der Waals surface area contributed by atoms with Gasteiger partial charge < -0.3 is 5.32 Å². The fourth-order valence-electron chi connectivity index (χ4n) is 1.88. The smallest absolute Gasteiger partial charge is 0.299 e. The lowest BCUT2D eigenvalue weighted by molar-refractivity contribution is -0.393. The van der Waals surface area contributed by atoms with Crippen LogP contribution in [0.2, 0.25) is 0 Å². The molecule has 0 fully saturated rings. The van der Waals surface area contributed by atoms with Crippen molar-refractivity contribution in [3.05, 3.63) is 73.8 Å². The van der Waals surface area contributed by atoms with Crippen LogP contribution >= 0.6 is 0 Å². The Balaban J connectivity index is 2.24. The zero-order valence-electron chi connectivity index (χ0n) is 11.2. The zero-order valence-corrected chi connectivity index (χ0v) is 11.2. The van der Waals surface area contributed by atoms with E-state index in [1.165, 1.54) is 12.1 Å². The Morgan fingerprint density at radius 2 is 1.86 bits per heavy atom. The van der Waals surface area contributed by atoms with Crippen LogP contribution in [0, 0.1) is 31.6 Å². The minimum Gasteiger partial charge on any atom is -0.375 e. The van der Waals surface area contributed by atoms with Gasteiger partial charge in [0.25, 0.3) is 11.4 Å². The molecule has 0 aliphatic carbocycles. The van der Waals surface area contributed by atoms with Crippen LogP contribution < -0.4 is 5.32 Å². The van der Waals surface area contributed by atoms with E-state index in [2.05, 4.69) is 5.32 Å². The molecule has 0 spiro atoms. The van der Waals surface area contributed by atoms with Gasteiger partial charge in [0.1, 0.15) is 5.69 Å². The van der Waals surface area contributed by atoms with Crippen LogP contribution in [0.1, 0.15) is 11.1 Å². The molecule has 2 aromatic rings. The molecule has 1 N–H and O–H groups in total. The van der Waals surface area contributed by atoms with Crippen molar-refractivity contribution in [2.24, 2.45) is 0 Å². The summed E-state index contributed by atoms with van der Waals surface area (Å²) in [5.74, 6) is 0. The third kappa shape index (κ3) is 3.34. The van der Waals surface area contributed by atoms with Gasteiger partial charge in [0.2, 0.25) is 0 Å². The Labute approximate surface area is 124 Å². The number of non-ortho nitro benzene ring substituents is 1. The van der Waals surface area contributed by atoms with E-state index < -0.39 is 9.85 Å². The lowest BCUT2D eigenvalue weighted by Gasteiger charge is -2.07. The largest absolute Gasteiger partial charge is 0.375 e. The van der Waals surface area contributed by atoms with Gasteiger partial charge in [0.15, 0.2) is 0 Å². The van der Waals surface area contributed by atoms with Crippen molar-refractivity contribution in [3.63, 3.8) is 0 Å². The third-order valence-corrected chi connectivity index (χ3v) is 2.93. The number of anilines is 1. The van der Waals surface area contributed by atoms with Crippen molar-refractivity contribution in [2.45, 2.75) is 6.54 Å². The molecule has 0 heterocycles. The number of benzene rings is 2. The number of nitro groups is 2. The molecular formula is C14H10N4O4. The second kappa shape index (κ2) is 6.32. The second-order valence-electron chi connectivity index (χ2n) is 4.38. The summed E-state index contributed by atoms with van der Waals surface area (Å²) in [4.78, 5) is 20.3. The maximum absolute atomic E-state index is 11.0. The number of rotatable bonds is 5. The number of hydrogen-bond acceptors (Lipinski definition) is 6. The molecule has 0 aromatic heterocycles. The van der Waals surface area contributed by atoms with Crippen molar-refractivity contribution >= 4 is 17.1 Å². The summed E-state index contributed by atoms with van der Waals surface area (Å²) in [6.07, 6.45) is 0. The highest BCUT2D eigenvalue weighted by molar-refractivity contribution is 5.65. The van der Waals surface area contributed by atoms with Gasteiger partial charge >= 0.3 is 0 Å². The number of nitro benzene ring substituents is 2. The molecule has 110 valence electrons. The monoisotopic (exact) mass is 298 g/mol. The first-order chi connectivity index (χ1) is 10.5. The van der Waals surface area contributed by atoms with Crippen LogP contribution in [0.4, 0.5) is 17.1 Å². The summed E-state index contributed by atoms with van der Waals surface area (Å²) in [6, 6.07) is 12.2. The quantitative estimate of drug-likeness (QED) is 0.668. The van der Waals surface area contributed by atoms with Crippen LogP contribution in [0.5, 0.6) is 0 Å². The van der Waals surface area contributed by atoms with Crippen molar-refractivity contribution in [1.29, 1.82) is 5.26 Å². The van der Waals surface area contributed by atoms with Gasteiger partial charge in [-0.05, 0) is 23.8 Å². The van der Waals surface area contributed by atoms with Gasteiger partial charge in [-0.25, -0.2) is 0 Å². The summed E-state index contributed by atoms with van der Waals surface area (Å²) in [5.41, 5.74) is 0.719. The highest BCUT2D eigenvalue weighted by Gasteiger charge is 2.19. The van der Waals surface area contributed by atoms with Crippen LogP contribution in [0.25, 0.3) is 0 Å². The maximum Gasteiger partial charge on any atom is 0.299 e. The van der Waals surface area contributed by atoms with Crippen molar-refractivity contribution in [2.75, 3.05) is 5.32 Å². The van der Waals surface area contributed by atoms with E-state index in [1.807, 2.05) is 6.07 Å². The third-order valence-electron chi connectivity index (χ3n) is 2.93. The topological polar surface area (TPSA) is 122 Å². The Morgan fingerprint density at radius 1 is 1.09 bits per heavy atom. The average molecular weight is 298 g/mol. The summed E-state index contributed by atoms with van der Waals surface area (Å²) < 4.78 is 0. The zero-order chi connectivity index (χ0) is 16.1. The fraction of sp³-hybridized carbons (Fsp3) is 0.0714. The number of nitrogens with zero attached hydrogens (tertiary/aromatic N) is 3. The molecule has 0 amide bonds. The summed E-state index contributed by atoms with van der Waals surface area (Å²) >= 11 is 0. The van der Waals surface area contributed by atoms with Crippen LogP contribution in [0.3, 0.4) is 0 Å². The van der Waals surface area contributed by atoms with Gasteiger partial charge in [-0.15, -0.1) is 0 Å². The summed E-state index contributed by atoms with van der Waals surface area (Å²) in [5, 5.41) is 33.4. The normalized spacial score (nSPS) is 9.77. The summed E-state index contributed by atoms with van der Waals surface area (Å²) in [6.45, 7) is 0.258. The molecule has 0 radical (unpaired) electrons. The molecule has 0 saturated heterocycles. The van der Waals surface area contributed by atoms with E-state index in [1.54, 1.807) is 24.3 Å². The van der Waals surface area contributed by atoms with E-state index in [4.69, 9.17) is 5.26 Å². The molecule has 0 aliphatic rings. The van der Waals surface area contributed by atoms with Gasteiger partial charge in [0.05, 0.1) is 27.5 Å². The second-order valence-corrected chi connectivity index (χ2v) is 4.38. The van der Waals surface area contributed by atoms with Crippen molar-refractivity contribution in [3.8, 4) is 6.07 Å². The number of nitriles is 1. The highest BCUT2D eigenvalue weighted by Crippen LogP contribution is 2.29. The molecule has 2 aromatic carbocycles. The molecule has 0 bridgehead atoms. The van der Waals surface area contributed by atoms with Crippen LogP contribution in [0.15, 0.2) is 42.5 Å². The van der Waals surface area contributed by atoms with Crippen LogP contribution in [-0.2, 0) is 6.54 Å². The van der Waals surface area contributed by atoms with E-state index in [0.29, 0.717) is 5.56 Å². The standard InChI is InChI=1S/C14H10N4O4/c15-8-10-2-1-3-11(6-10)9-16-13-5-4-12(17(19)20)7-14(13)18(21)22/h1-7,16H,9H2. The number of hydrogen-bond donors (Lipinski definition) is 1. The molecule has 8 heteroatoms. The average Bonchev–Trinajstić information content (AvgIpc) is 2.52. The Morgan fingerprint density at radius 3 is 2.50 bits per heavy atom. The molecule has 0 atom stereocenters. The Kier molecular flexibility index (Phi) is 4.29. The molecule has 2 rings (SSSR count). The van der Waals surface area contributed by atoms with Gasteiger partial charge in [-0.3, -0.25) is 20.2 Å². The minimum absolute atomic E-state index is 0.179. The Hall–Kier alpha value is -3.47. The molecule has 0 unspecified atom stereocenters. The lowest BCUT2D eigenvalue weighted by atomic mass is 10.1. The van der Waals surface area contributed by atoms with Gasteiger partial charge in [-0.2, -0.15) is 5.26 Å². The molecule has 0 saturated carbocycles. The molecule has 22 heavy (non-hydrogen) atoms. The maximum atomic E-state index is 11.0. The van der Waals surface area contributed by atoms with E-state index in [0.717, 1.165) is 11.6 Å². The number of nitrogens with one attached hydrogen (secondary N) is 1. The van der Waals surface area contributed by atoms with Crippen molar-refractivity contribution < 1.29 is 9.85 Å². The lowest BCUT2D eigenvalue weighted by Crippen LogP contribution is -2.03. The highest BCUT2D eigenvalue weighted by atomic mass is 16.6. The van der Waals surface area contributed by atoms with E-state index in [9.17, 15) is 20.2 Å². The predicted octanol–water partition coefficient (Wildman–Crippen LogP) is 2.99. The first kappa shape index (κ1) is 14.9. The SMILES string of the molecule is N#Cc1cccc(CNc2ccc([N+](=O)[O-])cc2[N+](=O)[O-])c1. The molecule has 8 nitrogen and oxygen atoms in total. The first-order valence-corrected chi connectivity index (χ1v) is 6.17.